The first kappa shape index (κ1) is 39.7. The molecule has 0 fully saturated rings. The summed E-state index contributed by atoms with van der Waals surface area (Å²) in [5.74, 6) is 1.92. The molecule has 0 spiro atoms. The van der Waals surface area contributed by atoms with E-state index in [1.165, 1.54) is 0 Å². The molecule has 6 aromatic carbocycles. The van der Waals surface area contributed by atoms with Crippen molar-refractivity contribution in [1.29, 1.82) is 0 Å². The number of benzene rings is 6. The fraction of sp³-hybridized carbons (Fsp3) is 0.120. The summed E-state index contributed by atoms with van der Waals surface area (Å²) in [4.78, 5) is 40.3. The summed E-state index contributed by atoms with van der Waals surface area (Å²) in [6, 6.07) is 46.6. The van der Waals surface area contributed by atoms with E-state index in [1.54, 1.807) is 22.3 Å². The molecule has 0 aliphatic rings. The number of aryl methyl sites for hydroxylation is 1. The van der Waals surface area contributed by atoms with Crippen molar-refractivity contribution in [1.82, 2.24) is 19.1 Å². The lowest BCUT2D eigenvalue weighted by molar-refractivity contribution is 0.414. The van der Waals surface area contributed by atoms with Crippen LogP contribution in [0.1, 0.15) is 28.3 Å². The Balaban J connectivity index is 0.000000179. The van der Waals surface area contributed by atoms with Crippen LogP contribution in [0.15, 0.2) is 155 Å². The van der Waals surface area contributed by atoms with E-state index in [-0.39, 0.29) is 11.1 Å². The smallest absolute Gasteiger partial charge is 0.266 e. The number of fused-ring (bicyclic) bond motifs is 2. The van der Waals surface area contributed by atoms with E-state index in [0.29, 0.717) is 33.5 Å². The number of para-hydroxylation sites is 3. The van der Waals surface area contributed by atoms with Gasteiger partial charge >= 0.3 is 0 Å². The van der Waals surface area contributed by atoms with Crippen molar-refractivity contribution < 1.29 is 4.74 Å². The summed E-state index contributed by atoms with van der Waals surface area (Å²) in [5.41, 5.74) is 8.17. The Labute approximate surface area is 344 Å². The van der Waals surface area contributed by atoms with Crippen LogP contribution in [0.3, 0.4) is 0 Å². The van der Waals surface area contributed by atoms with Crippen LogP contribution >= 0.6 is 0 Å². The minimum Gasteiger partial charge on any atom is -0.497 e. The minimum atomic E-state index is -0.103. The molecule has 2 aromatic heterocycles. The van der Waals surface area contributed by atoms with Gasteiger partial charge in [-0.1, -0.05) is 78.9 Å². The van der Waals surface area contributed by atoms with Crippen molar-refractivity contribution in [3.8, 4) is 17.1 Å². The van der Waals surface area contributed by atoms with E-state index < -0.39 is 0 Å². The molecule has 0 aliphatic carbocycles. The molecule has 8 rings (SSSR count). The van der Waals surface area contributed by atoms with Crippen LogP contribution in [0.5, 0.6) is 5.75 Å². The average molecular weight is 779 g/mol. The highest BCUT2D eigenvalue weighted by atomic mass is 16.5. The van der Waals surface area contributed by atoms with Crippen LogP contribution in [0, 0.1) is 6.92 Å². The van der Waals surface area contributed by atoms with Crippen molar-refractivity contribution in [3.05, 3.63) is 195 Å². The van der Waals surface area contributed by atoms with Gasteiger partial charge in [0.2, 0.25) is 0 Å². The van der Waals surface area contributed by atoms with Gasteiger partial charge in [0.25, 0.3) is 11.1 Å². The number of aromatic nitrogens is 4. The molecule has 0 unspecified atom stereocenters. The Morgan fingerprint density at radius 2 is 0.949 bits per heavy atom. The van der Waals surface area contributed by atoms with Crippen LogP contribution in [0.4, 0.5) is 11.4 Å². The standard InChI is InChI=1S/C25H23N3O2.C25H23N3O/c1-27(2)19-11-8-18(9-12-19)10-17-24-26-23-7-5-4-6-22(23)25(29)28(24)20-13-15-21(30-3)16-14-20;1-18-8-4-7-11-23(18)28-24(26-22-10-6-5-9-21(22)25(28)29)17-14-19-12-15-20(16-13-19)27(2)3/h4-17H,1-3H3;4-17H,1-3H3/b17-10+;17-14+. The number of nitrogens with zero attached hydrogens (tertiary/aromatic N) is 6. The van der Waals surface area contributed by atoms with Gasteiger partial charge in [0.05, 0.1) is 40.3 Å². The molecule has 0 bridgehead atoms. The minimum absolute atomic E-state index is 0.0625. The Morgan fingerprint density at radius 3 is 1.42 bits per heavy atom. The van der Waals surface area contributed by atoms with Gasteiger partial charge in [-0.05, 0) is 115 Å². The molecule has 0 atom stereocenters. The predicted molar refractivity (Wildman–Crippen MR) is 245 cm³/mol. The Hall–Kier alpha value is -7.52. The van der Waals surface area contributed by atoms with Crippen LogP contribution in [0.25, 0.3) is 57.5 Å². The van der Waals surface area contributed by atoms with Gasteiger partial charge in [0.15, 0.2) is 0 Å². The first-order valence-corrected chi connectivity index (χ1v) is 19.3. The molecule has 0 radical (unpaired) electrons. The topological polar surface area (TPSA) is 85.5 Å². The first-order chi connectivity index (χ1) is 28.6. The number of anilines is 2. The van der Waals surface area contributed by atoms with Crippen LogP contribution in [-0.2, 0) is 0 Å². The summed E-state index contributed by atoms with van der Waals surface area (Å²) in [5, 5.41) is 1.20. The third kappa shape index (κ3) is 8.90. The van der Waals surface area contributed by atoms with Crippen LogP contribution < -0.4 is 25.7 Å². The second-order valence-electron chi connectivity index (χ2n) is 14.4. The lowest BCUT2D eigenvalue weighted by Gasteiger charge is -2.14. The Kier molecular flexibility index (Phi) is 11.9. The maximum absolute atomic E-state index is 13.3. The zero-order valence-electron chi connectivity index (χ0n) is 34.1. The molecule has 2 heterocycles. The normalized spacial score (nSPS) is 11.2. The van der Waals surface area contributed by atoms with Gasteiger partial charge in [-0.2, -0.15) is 0 Å². The van der Waals surface area contributed by atoms with Crippen molar-refractivity contribution in [2.24, 2.45) is 0 Å². The summed E-state index contributed by atoms with van der Waals surface area (Å²) in [7, 11) is 9.68. The fourth-order valence-corrected chi connectivity index (χ4v) is 6.66. The summed E-state index contributed by atoms with van der Waals surface area (Å²) < 4.78 is 8.58. The van der Waals surface area contributed by atoms with Gasteiger partial charge in [0.1, 0.15) is 17.4 Å². The van der Waals surface area contributed by atoms with Gasteiger partial charge < -0.3 is 14.5 Å². The van der Waals surface area contributed by atoms with Crippen molar-refractivity contribution in [3.63, 3.8) is 0 Å². The second-order valence-corrected chi connectivity index (χ2v) is 14.4. The largest absolute Gasteiger partial charge is 0.497 e. The molecule has 9 nitrogen and oxygen atoms in total. The summed E-state index contributed by atoms with van der Waals surface area (Å²) in [6.07, 6.45) is 7.74. The second kappa shape index (κ2) is 17.7. The van der Waals surface area contributed by atoms with E-state index in [9.17, 15) is 9.59 Å². The molecule has 0 saturated carbocycles. The maximum Gasteiger partial charge on any atom is 0.266 e. The van der Waals surface area contributed by atoms with E-state index in [0.717, 1.165) is 45.2 Å². The molecule has 9 heteroatoms. The van der Waals surface area contributed by atoms with E-state index in [1.807, 2.05) is 163 Å². The lowest BCUT2D eigenvalue weighted by atomic mass is 10.1. The first-order valence-electron chi connectivity index (χ1n) is 19.3. The molecular weight excluding hydrogens is 733 g/mol. The molecule has 59 heavy (non-hydrogen) atoms. The molecule has 0 aliphatic heterocycles. The van der Waals surface area contributed by atoms with Crippen LogP contribution in [0.2, 0.25) is 0 Å². The molecular formula is C50H46N6O3. The van der Waals surface area contributed by atoms with Gasteiger partial charge in [-0.25, -0.2) is 9.97 Å². The molecule has 0 saturated heterocycles. The number of ether oxygens (including phenoxy) is 1. The SMILES string of the molecule is COc1ccc(-n2c(/C=C/c3ccc(N(C)C)cc3)nc3ccccc3c2=O)cc1.Cc1ccccc1-n1c(/C=C/c2ccc(N(C)C)cc2)nc2ccccc2c1=O. The predicted octanol–water partition coefficient (Wildman–Crippen LogP) is 9.56. The number of rotatable bonds is 9. The van der Waals surface area contributed by atoms with Gasteiger partial charge in [-0.3, -0.25) is 18.7 Å². The molecule has 0 N–H and O–H groups in total. The molecule has 8 aromatic rings. The zero-order chi connectivity index (χ0) is 41.5. The van der Waals surface area contributed by atoms with Crippen molar-refractivity contribution >= 4 is 57.5 Å². The lowest BCUT2D eigenvalue weighted by Crippen LogP contribution is -2.23. The maximum atomic E-state index is 13.3. The number of hydrogen-bond donors (Lipinski definition) is 0. The van der Waals surface area contributed by atoms with Gasteiger partial charge in [0, 0.05) is 39.6 Å². The van der Waals surface area contributed by atoms with E-state index in [4.69, 9.17) is 14.7 Å². The summed E-state index contributed by atoms with van der Waals surface area (Å²) in [6.45, 7) is 2.00. The summed E-state index contributed by atoms with van der Waals surface area (Å²) >= 11 is 0. The average Bonchev–Trinajstić information content (AvgIpc) is 3.26. The monoisotopic (exact) mass is 778 g/mol. The van der Waals surface area contributed by atoms with Gasteiger partial charge in [-0.15, -0.1) is 0 Å². The quantitative estimate of drug-likeness (QED) is 0.144. The van der Waals surface area contributed by atoms with Crippen molar-refractivity contribution in [2.75, 3.05) is 45.1 Å². The third-order valence-corrected chi connectivity index (χ3v) is 9.96. The zero-order valence-corrected chi connectivity index (χ0v) is 34.1. The highest BCUT2D eigenvalue weighted by molar-refractivity contribution is 5.81. The number of methoxy groups -OCH3 is 1. The Morgan fingerprint density at radius 1 is 0.508 bits per heavy atom. The van der Waals surface area contributed by atoms with Crippen molar-refractivity contribution in [2.45, 2.75) is 6.92 Å². The highest BCUT2D eigenvalue weighted by Crippen LogP contribution is 2.21. The van der Waals surface area contributed by atoms with E-state index >= 15 is 0 Å². The molecule has 0 amide bonds. The van der Waals surface area contributed by atoms with E-state index in [2.05, 4.69) is 46.2 Å². The number of hydrogen-bond acceptors (Lipinski definition) is 7. The molecule has 294 valence electrons. The third-order valence-electron chi connectivity index (χ3n) is 9.96. The van der Waals surface area contributed by atoms with Crippen LogP contribution in [-0.4, -0.2) is 54.4 Å². The Bertz CT molecular complexity index is 2910. The highest BCUT2D eigenvalue weighted by Gasteiger charge is 2.13. The fourth-order valence-electron chi connectivity index (χ4n) is 6.66.